The van der Waals surface area contributed by atoms with Crippen molar-refractivity contribution in [3.05, 3.63) is 75.8 Å². The van der Waals surface area contributed by atoms with Gasteiger partial charge >= 0.3 is 47.6 Å². The summed E-state index contributed by atoms with van der Waals surface area (Å²) in [6.45, 7) is 1.91. The molecule has 0 radical (unpaired) electrons. The fourth-order valence-corrected chi connectivity index (χ4v) is 2.89. The van der Waals surface area contributed by atoms with Crippen LogP contribution in [-0.4, -0.2) is 73.9 Å². The van der Waals surface area contributed by atoms with Crippen molar-refractivity contribution >= 4 is 58.7 Å². The van der Waals surface area contributed by atoms with Gasteiger partial charge in [-0.3, -0.25) is 9.59 Å². The number of hydrogen-bond donors (Lipinski definition) is 5. The molecule has 5 N–H and O–H groups in total. The number of benzene rings is 2. The third-order valence-electron chi connectivity index (χ3n) is 4.89. The van der Waals surface area contributed by atoms with Crippen molar-refractivity contribution in [3.8, 4) is 0 Å². The first kappa shape index (κ1) is 40.5. The quantitative estimate of drug-likeness (QED) is 0.149. The minimum absolute atomic E-state index is 0.118. The summed E-state index contributed by atoms with van der Waals surface area (Å²) in [5.41, 5.74) is 2.25. The van der Waals surface area contributed by atoms with Crippen LogP contribution in [0.15, 0.2) is 54.6 Å². The zero-order valence-electron chi connectivity index (χ0n) is 22.0. The summed E-state index contributed by atoms with van der Waals surface area (Å²) in [5.74, 6) is -37.6. The van der Waals surface area contributed by atoms with Gasteiger partial charge < -0.3 is 25.7 Å². The first-order valence-corrected chi connectivity index (χ1v) is 12.0. The fourth-order valence-electron chi connectivity index (χ4n) is 2.55. The number of hydrogen-bond acceptors (Lipinski definition) is 5. The summed E-state index contributed by atoms with van der Waals surface area (Å²) in [6.07, 6.45) is 1.74. The largest absolute Gasteiger partial charge is 0.481 e. The average molecular weight is 700 g/mol. The van der Waals surface area contributed by atoms with Gasteiger partial charge in [-0.2, -0.15) is 35.1 Å². The molecular formula is C25H19Cl2F8NO9. The van der Waals surface area contributed by atoms with Crippen molar-refractivity contribution in [3.63, 3.8) is 0 Å². The molecule has 20 heteroatoms. The number of rotatable bonds is 10. The van der Waals surface area contributed by atoms with E-state index in [4.69, 9.17) is 43.6 Å². The molecule has 0 aliphatic rings. The topological polar surface area (TPSA) is 178 Å². The highest BCUT2D eigenvalue weighted by atomic mass is 35.5. The summed E-state index contributed by atoms with van der Waals surface area (Å²) in [5, 5.41) is 35.1. The van der Waals surface area contributed by atoms with Crippen LogP contribution in [0, 0.1) is 6.92 Å². The van der Waals surface area contributed by atoms with Crippen molar-refractivity contribution in [2.24, 2.45) is 0 Å². The predicted octanol–water partition coefficient (Wildman–Crippen LogP) is 5.89. The molecule has 0 aliphatic heterocycles. The highest BCUT2D eigenvalue weighted by Gasteiger charge is 2.85. The molecule has 1 amide bonds. The minimum atomic E-state index is -7.12. The summed E-state index contributed by atoms with van der Waals surface area (Å²) in [6, 6.07) is 12.1. The Morgan fingerprint density at radius 3 is 1.62 bits per heavy atom. The number of carbonyl (C=O) groups is 5. The lowest BCUT2D eigenvalue weighted by Gasteiger charge is -2.32. The molecular weight excluding hydrogens is 681 g/mol. The minimum Gasteiger partial charge on any atom is -0.481 e. The lowest BCUT2D eigenvalue weighted by molar-refractivity contribution is -0.353. The molecule has 45 heavy (non-hydrogen) atoms. The van der Waals surface area contributed by atoms with Crippen LogP contribution in [0.25, 0.3) is 0 Å². The Hall–Kier alpha value is -4.45. The predicted molar refractivity (Wildman–Crippen MR) is 139 cm³/mol. The summed E-state index contributed by atoms with van der Waals surface area (Å²) in [7, 11) is 0. The summed E-state index contributed by atoms with van der Waals surface area (Å²) >= 11 is 11.5. The molecule has 2 rings (SSSR count). The van der Waals surface area contributed by atoms with E-state index in [0.717, 1.165) is 23.3 Å². The highest BCUT2D eigenvalue weighted by molar-refractivity contribution is 6.35. The van der Waals surface area contributed by atoms with Gasteiger partial charge in [0.25, 0.3) is 0 Å². The van der Waals surface area contributed by atoms with Crippen LogP contribution in [0.5, 0.6) is 0 Å². The Balaban J connectivity index is 0.000000662. The van der Waals surface area contributed by atoms with Gasteiger partial charge in [-0.15, -0.1) is 0 Å². The number of aryl methyl sites for hydroxylation is 1. The number of nitrogens with one attached hydrogen (secondary N) is 1. The molecule has 2 aromatic carbocycles. The molecule has 0 spiro atoms. The lowest BCUT2D eigenvalue weighted by atomic mass is 9.99. The summed E-state index contributed by atoms with van der Waals surface area (Å²) in [4.78, 5) is 51.0. The summed E-state index contributed by atoms with van der Waals surface area (Å²) < 4.78 is 98.9. The van der Waals surface area contributed by atoms with E-state index in [0.29, 0.717) is 15.7 Å². The molecule has 0 atom stereocenters. The van der Waals surface area contributed by atoms with Crippen LogP contribution in [0.1, 0.15) is 11.1 Å². The number of anilines is 1. The number of aliphatic carboxylic acids is 4. The van der Waals surface area contributed by atoms with E-state index in [1.807, 2.05) is 31.2 Å². The third-order valence-corrected chi connectivity index (χ3v) is 5.45. The smallest absolute Gasteiger partial charge is 0.410 e. The number of halogens is 10. The Bertz CT molecular complexity index is 1420. The molecule has 2 aromatic rings. The van der Waals surface area contributed by atoms with Gasteiger partial charge in [0.2, 0.25) is 5.91 Å². The van der Waals surface area contributed by atoms with E-state index in [-0.39, 0.29) is 6.42 Å². The van der Waals surface area contributed by atoms with Crippen molar-refractivity contribution in [1.29, 1.82) is 0 Å². The monoisotopic (exact) mass is 699 g/mol. The molecule has 0 saturated carbocycles. The van der Waals surface area contributed by atoms with Crippen molar-refractivity contribution in [1.82, 2.24) is 0 Å². The van der Waals surface area contributed by atoms with Gasteiger partial charge in [-0.05, 0) is 36.2 Å². The van der Waals surface area contributed by atoms with Crippen LogP contribution in [0.2, 0.25) is 10.0 Å². The molecule has 10 nitrogen and oxygen atoms in total. The molecule has 0 unspecified atom stereocenters. The molecule has 0 saturated heterocycles. The number of carboxylic acids is 4. The number of carbonyl (C=O) groups excluding carboxylic acids is 1. The van der Waals surface area contributed by atoms with E-state index >= 15 is 0 Å². The maximum Gasteiger partial charge on any atom is 0.410 e. The first-order valence-electron chi connectivity index (χ1n) is 11.2. The molecule has 0 bridgehead atoms. The van der Waals surface area contributed by atoms with Crippen LogP contribution >= 0.6 is 23.2 Å². The second-order valence-corrected chi connectivity index (χ2v) is 9.03. The SMILES string of the molecule is Cc1ccccc1CC(=O)O.O=C(O)C(F)(F)C(F)(F)C(F)(F)C(F)(F)C(=O)O.O=C(O)C=CC(=O)Nc1cc(Cl)ccc1Cl. The maximum absolute atomic E-state index is 12.5. The van der Waals surface area contributed by atoms with E-state index in [9.17, 15) is 59.1 Å². The maximum atomic E-state index is 12.5. The highest BCUT2D eigenvalue weighted by Crippen LogP contribution is 2.52. The van der Waals surface area contributed by atoms with Crippen LogP contribution < -0.4 is 5.32 Å². The first-order chi connectivity index (χ1) is 20.3. The van der Waals surface area contributed by atoms with Crippen molar-refractivity contribution in [2.75, 3.05) is 5.32 Å². The molecule has 0 aromatic heterocycles. The third kappa shape index (κ3) is 10.9. The Labute approximate surface area is 256 Å². The Morgan fingerprint density at radius 1 is 0.756 bits per heavy atom. The lowest BCUT2D eigenvalue weighted by Crippen LogP contribution is -2.66. The molecule has 248 valence electrons. The zero-order valence-corrected chi connectivity index (χ0v) is 23.5. The van der Waals surface area contributed by atoms with Crippen LogP contribution in [0.3, 0.4) is 0 Å². The van der Waals surface area contributed by atoms with Gasteiger partial charge in [-0.25, -0.2) is 14.4 Å². The number of amides is 1. The Kier molecular flexibility index (Phi) is 14.4. The molecule has 0 heterocycles. The molecule has 0 fully saturated rings. The van der Waals surface area contributed by atoms with Crippen LogP contribution in [0.4, 0.5) is 40.8 Å². The normalized spacial score (nSPS) is 11.8. The Morgan fingerprint density at radius 2 is 1.22 bits per heavy atom. The number of carboxylic acid groups (broad SMARTS) is 4. The van der Waals surface area contributed by atoms with Gasteiger partial charge in [0.1, 0.15) is 0 Å². The van der Waals surface area contributed by atoms with E-state index in [1.54, 1.807) is 6.07 Å². The van der Waals surface area contributed by atoms with Gasteiger partial charge in [0.05, 0.1) is 17.1 Å². The van der Waals surface area contributed by atoms with Gasteiger partial charge in [0, 0.05) is 17.2 Å². The zero-order chi connectivity index (χ0) is 35.6. The average Bonchev–Trinajstić information content (AvgIpc) is 2.91. The van der Waals surface area contributed by atoms with E-state index in [2.05, 4.69) is 5.32 Å². The van der Waals surface area contributed by atoms with Gasteiger partial charge in [-0.1, -0.05) is 47.5 Å². The second-order valence-electron chi connectivity index (χ2n) is 8.19. The van der Waals surface area contributed by atoms with E-state index < -0.39 is 53.5 Å². The van der Waals surface area contributed by atoms with Crippen molar-refractivity contribution < 1.29 is 79.5 Å². The van der Waals surface area contributed by atoms with Crippen LogP contribution in [-0.2, 0) is 30.4 Å². The standard InChI is InChI=1S/C10H7Cl2NO3.C9H10O2.C6H2F8O4/c11-6-1-2-7(12)8(5-6)13-9(14)3-4-10(15)16;1-7-4-2-3-5-8(7)6-9(10)11;7-3(8,1(15)16)5(11,12)6(13,14)4(9,10)2(17)18/h1-5H,(H,13,14)(H,15,16);2-5H,6H2,1H3,(H,10,11);(H,15,16)(H,17,18). The van der Waals surface area contributed by atoms with Crippen molar-refractivity contribution in [2.45, 2.75) is 37.0 Å². The van der Waals surface area contributed by atoms with Gasteiger partial charge in [0.15, 0.2) is 0 Å². The fraction of sp³-hybridized carbons (Fsp3) is 0.240. The van der Waals surface area contributed by atoms with E-state index in [1.165, 1.54) is 12.1 Å². The molecule has 0 aliphatic carbocycles. The number of alkyl halides is 8. The second kappa shape index (κ2) is 16.0.